The van der Waals surface area contributed by atoms with E-state index in [1.54, 1.807) is 0 Å². The lowest BCUT2D eigenvalue weighted by Crippen LogP contribution is -2.49. The van der Waals surface area contributed by atoms with Gasteiger partial charge in [0.2, 0.25) is 0 Å². The molecule has 0 aromatic rings. The molecule has 1 aliphatic heterocycles. The lowest BCUT2D eigenvalue weighted by Gasteiger charge is -2.51. The van der Waals surface area contributed by atoms with Crippen molar-refractivity contribution in [3.05, 3.63) is 22.8 Å². The third-order valence-corrected chi connectivity index (χ3v) is 8.84. The third kappa shape index (κ3) is 4.30. The van der Waals surface area contributed by atoms with E-state index in [4.69, 9.17) is 18.9 Å². The van der Waals surface area contributed by atoms with E-state index in [-0.39, 0.29) is 34.9 Å². The monoisotopic (exact) mass is 472 g/mol. The van der Waals surface area contributed by atoms with Gasteiger partial charge in [-0.3, -0.25) is 4.79 Å². The first-order valence-electron chi connectivity index (χ1n) is 13.4. The first-order chi connectivity index (χ1) is 15.8. The summed E-state index contributed by atoms with van der Waals surface area (Å²) in [6, 6.07) is 0. The smallest absolute Gasteiger partial charge is 0.313 e. The number of carbonyl (C=O) groups is 1. The highest BCUT2D eigenvalue weighted by Gasteiger charge is 2.58. The quantitative estimate of drug-likeness (QED) is 0.453. The molecule has 0 N–H and O–H groups in total. The lowest BCUT2D eigenvalue weighted by molar-refractivity contribution is -0.167. The van der Waals surface area contributed by atoms with Crippen molar-refractivity contribution in [1.82, 2.24) is 0 Å². The molecule has 34 heavy (non-hydrogen) atoms. The minimum absolute atomic E-state index is 0.0844. The zero-order valence-electron chi connectivity index (χ0n) is 22.3. The van der Waals surface area contributed by atoms with Crippen molar-refractivity contribution in [2.45, 2.75) is 117 Å². The average Bonchev–Trinajstić information content (AvgIpc) is 3.29. The van der Waals surface area contributed by atoms with Crippen molar-refractivity contribution in [2.24, 2.45) is 23.2 Å². The summed E-state index contributed by atoms with van der Waals surface area (Å²) in [5, 5.41) is 0. The maximum absolute atomic E-state index is 13.7. The molecule has 5 heteroatoms. The van der Waals surface area contributed by atoms with Gasteiger partial charge in [0.05, 0.1) is 30.8 Å². The summed E-state index contributed by atoms with van der Waals surface area (Å²) in [4.78, 5) is 13.7. The fourth-order valence-electron chi connectivity index (χ4n) is 7.55. The van der Waals surface area contributed by atoms with E-state index in [1.807, 2.05) is 20.8 Å². The van der Waals surface area contributed by atoms with Crippen molar-refractivity contribution in [3.63, 3.8) is 0 Å². The molecule has 3 saturated carbocycles. The number of carbonyl (C=O) groups excluding carboxylic acids is 1. The fraction of sp³-hybridized carbons (Fsp3) is 0.828. The van der Waals surface area contributed by atoms with Crippen LogP contribution in [0.1, 0.15) is 93.4 Å². The second kappa shape index (κ2) is 8.18. The van der Waals surface area contributed by atoms with Crippen LogP contribution >= 0.6 is 0 Å². The van der Waals surface area contributed by atoms with E-state index in [2.05, 4.69) is 33.8 Å². The number of hydrogen-bond acceptors (Lipinski definition) is 5. The van der Waals surface area contributed by atoms with Crippen LogP contribution in [0.15, 0.2) is 22.8 Å². The van der Waals surface area contributed by atoms with Gasteiger partial charge in [-0.05, 0) is 96.1 Å². The Morgan fingerprint density at radius 2 is 1.71 bits per heavy atom. The van der Waals surface area contributed by atoms with Crippen molar-refractivity contribution >= 4 is 5.97 Å². The Labute approximate surface area is 205 Å². The summed E-state index contributed by atoms with van der Waals surface area (Å²) in [5.41, 5.74) is 3.68. The Bertz CT molecular complexity index is 894. The normalized spacial score (nSPS) is 37.2. The molecule has 5 nitrogen and oxygen atoms in total. The topological polar surface area (TPSA) is 54.0 Å². The average molecular weight is 473 g/mol. The van der Waals surface area contributed by atoms with E-state index < -0.39 is 11.4 Å². The van der Waals surface area contributed by atoms with Gasteiger partial charge in [-0.15, -0.1) is 0 Å². The molecule has 0 amide bonds. The highest BCUT2D eigenvalue weighted by molar-refractivity contribution is 5.77. The van der Waals surface area contributed by atoms with Crippen LogP contribution in [0.4, 0.5) is 0 Å². The molecule has 0 aromatic carbocycles. The number of fused-ring (bicyclic) bond motifs is 4. The van der Waals surface area contributed by atoms with Crippen molar-refractivity contribution < 1.29 is 23.7 Å². The van der Waals surface area contributed by atoms with Crippen molar-refractivity contribution in [2.75, 3.05) is 13.2 Å². The number of esters is 1. The molecule has 1 saturated heterocycles. The fourth-order valence-corrected chi connectivity index (χ4v) is 7.55. The molecular formula is C29H44O5. The Balaban J connectivity index is 1.51. The molecule has 4 aliphatic carbocycles. The Kier molecular flexibility index (Phi) is 5.90. The third-order valence-electron chi connectivity index (χ3n) is 8.84. The summed E-state index contributed by atoms with van der Waals surface area (Å²) < 4.78 is 24.8. The van der Waals surface area contributed by atoms with Crippen LogP contribution in [0.5, 0.6) is 0 Å². The van der Waals surface area contributed by atoms with Gasteiger partial charge in [-0.1, -0.05) is 18.6 Å². The van der Waals surface area contributed by atoms with Gasteiger partial charge in [-0.2, -0.15) is 0 Å². The number of ether oxygens (including phenoxy) is 4. The summed E-state index contributed by atoms with van der Waals surface area (Å²) in [7, 11) is 0. The zero-order chi connectivity index (χ0) is 24.5. The highest BCUT2D eigenvalue weighted by Crippen LogP contribution is 2.62. The van der Waals surface area contributed by atoms with Gasteiger partial charge in [0.25, 0.3) is 0 Å². The second-order valence-corrected chi connectivity index (χ2v) is 13.5. The SMILES string of the molecule is CC(C)(C)OC(=O)[C@@H]1C=C2CC3(CCC2=C2CC[C@]4(C)[C@@H](OC(C)(C)C)CC[C@H]4[C@@H]21)OCCO3. The van der Waals surface area contributed by atoms with Gasteiger partial charge < -0.3 is 18.9 Å². The molecule has 1 heterocycles. The summed E-state index contributed by atoms with van der Waals surface area (Å²) >= 11 is 0. The van der Waals surface area contributed by atoms with Gasteiger partial charge in [0.15, 0.2) is 5.79 Å². The highest BCUT2D eigenvalue weighted by atomic mass is 16.7. The second-order valence-electron chi connectivity index (χ2n) is 13.5. The predicted octanol–water partition coefficient (Wildman–Crippen LogP) is 6.12. The Hall–Kier alpha value is -1.17. The predicted molar refractivity (Wildman–Crippen MR) is 131 cm³/mol. The molecule has 190 valence electrons. The molecule has 0 bridgehead atoms. The summed E-state index contributed by atoms with van der Waals surface area (Å²) in [6.45, 7) is 16.1. The first kappa shape index (κ1) is 24.5. The van der Waals surface area contributed by atoms with Crippen LogP contribution in [-0.4, -0.2) is 42.3 Å². The molecule has 0 unspecified atom stereocenters. The maximum atomic E-state index is 13.7. The van der Waals surface area contributed by atoms with Crippen LogP contribution in [0, 0.1) is 23.2 Å². The molecule has 1 spiro atoms. The minimum Gasteiger partial charge on any atom is -0.459 e. The summed E-state index contributed by atoms with van der Waals surface area (Å²) in [5.74, 6) is -0.188. The molecule has 5 rings (SSSR count). The number of rotatable bonds is 2. The molecule has 5 aliphatic rings. The first-order valence-corrected chi connectivity index (χ1v) is 13.4. The number of allylic oxidation sites excluding steroid dienone is 2. The van der Waals surface area contributed by atoms with Gasteiger partial charge >= 0.3 is 5.97 Å². The molecule has 0 radical (unpaired) electrons. The standard InChI is InChI=1S/C29H44O5/c1-26(2,3)33-23-9-8-22-24-20(10-12-28(22,23)7)19-11-13-29(31-14-15-32-29)17-18(19)16-21(24)25(30)34-27(4,5)6/h16,21-24H,8-15,17H2,1-7H3/t21-,22+,23+,24+,28+/m1/s1. The van der Waals surface area contributed by atoms with Crippen LogP contribution in [0.2, 0.25) is 0 Å². The Morgan fingerprint density at radius 3 is 2.35 bits per heavy atom. The van der Waals surface area contributed by atoms with E-state index in [1.165, 1.54) is 16.7 Å². The summed E-state index contributed by atoms with van der Waals surface area (Å²) in [6.07, 6.45) is 9.46. The van der Waals surface area contributed by atoms with E-state index >= 15 is 0 Å². The van der Waals surface area contributed by atoms with E-state index in [0.29, 0.717) is 19.1 Å². The zero-order valence-corrected chi connectivity index (χ0v) is 22.3. The Morgan fingerprint density at radius 1 is 1.00 bits per heavy atom. The molecule has 0 aromatic heterocycles. The molecule has 4 fully saturated rings. The van der Waals surface area contributed by atoms with E-state index in [9.17, 15) is 4.79 Å². The van der Waals surface area contributed by atoms with Crippen LogP contribution < -0.4 is 0 Å². The van der Waals surface area contributed by atoms with Crippen molar-refractivity contribution in [3.8, 4) is 0 Å². The van der Waals surface area contributed by atoms with Gasteiger partial charge in [0, 0.05) is 18.8 Å². The maximum Gasteiger partial charge on any atom is 0.313 e. The largest absolute Gasteiger partial charge is 0.459 e. The lowest BCUT2D eigenvalue weighted by atomic mass is 9.55. The molecular weight excluding hydrogens is 428 g/mol. The van der Waals surface area contributed by atoms with Gasteiger partial charge in [0.1, 0.15) is 5.60 Å². The van der Waals surface area contributed by atoms with Crippen LogP contribution in [0.25, 0.3) is 0 Å². The van der Waals surface area contributed by atoms with Crippen LogP contribution in [0.3, 0.4) is 0 Å². The number of hydrogen-bond donors (Lipinski definition) is 0. The van der Waals surface area contributed by atoms with E-state index in [0.717, 1.165) is 44.9 Å². The molecule has 5 atom stereocenters. The minimum atomic E-state index is -0.503. The van der Waals surface area contributed by atoms with Gasteiger partial charge in [-0.25, -0.2) is 0 Å². The van der Waals surface area contributed by atoms with Crippen molar-refractivity contribution in [1.29, 1.82) is 0 Å². The van der Waals surface area contributed by atoms with Crippen LogP contribution in [-0.2, 0) is 23.7 Å².